The van der Waals surface area contributed by atoms with Crippen LogP contribution in [0.4, 0.5) is 0 Å². The summed E-state index contributed by atoms with van der Waals surface area (Å²) >= 11 is 0. The van der Waals surface area contributed by atoms with Gasteiger partial charge < -0.3 is 20.3 Å². The zero-order valence-electron chi connectivity index (χ0n) is 13.1. The summed E-state index contributed by atoms with van der Waals surface area (Å²) in [7, 11) is 1.50. The van der Waals surface area contributed by atoms with Gasteiger partial charge in [-0.05, 0) is 25.5 Å². The van der Waals surface area contributed by atoms with Crippen LogP contribution < -0.4 is 10.1 Å². The second kappa shape index (κ2) is 6.66. The molecule has 0 bridgehead atoms. The number of carboxylic acid groups (broad SMARTS) is 1. The van der Waals surface area contributed by atoms with E-state index in [0.29, 0.717) is 23.5 Å². The Morgan fingerprint density at radius 3 is 2.70 bits per heavy atom. The van der Waals surface area contributed by atoms with Crippen LogP contribution in [0.3, 0.4) is 0 Å². The number of methoxy groups -OCH3 is 1. The Morgan fingerprint density at radius 1 is 1.48 bits per heavy atom. The number of rotatable bonds is 6. The first-order chi connectivity index (χ1) is 10.9. The molecule has 0 aliphatic rings. The number of carboxylic acids is 1. The largest absolute Gasteiger partial charge is 0.493 e. The van der Waals surface area contributed by atoms with E-state index in [4.69, 9.17) is 9.84 Å². The summed E-state index contributed by atoms with van der Waals surface area (Å²) in [5.41, 5.74) is 1.22. The molecule has 2 heterocycles. The van der Waals surface area contributed by atoms with Crippen LogP contribution in [0.25, 0.3) is 5.65 Å². The molecule has 2 atom stereocenters. The van der Waals surface area contributed by atoms with Gasteiger partial charge in [-0.3, -0.25) is 9.20 Å². The molecule has 2 aromatic heterocycles. The summed E-state index contributed by atoms with van der Waals surface area (Å²) in [6.45, 7) is 3.14. The molecule has 0 spiro atoms. The van der Waals surface area contributed by atoms with Gasteiger partial charge in [0.15, 0.2) is 17.4 Å². The van der Waals surface area contributed by atoms with Gasteiger partial charge in [-0.2, -0.15) is 0 Å². The minimum absolute atomic E-state index is 0.230. The van der Waals surface area contributed by atoms with Gasteiger partial charge in [0, 0.05) is 6.20 Å². The molecule has 0 aromatic carbocycles. The lowest BCUT2D eigenvalue weighted by Gasteiger charge is -2.17. The number of nitrogens with one attached hydrogen (secondary N) is 1. The second-order valence-electron chi connectivity index (χ2n) is 5.06. The van der Waals surface area contributed by atoms with Crippen LogP contribution in [0.15, 0.2) is 18.3 Å². The van der Waals surface area contributed by atoms with Gasteiger partial charge in [0.05, 0.1) is 18.9 Å². The Hall–Kier alpha value is -2.61. The fourth-order valence-electron chi connectivity index (χ4n) is 2.33. The number of aliphatic carboxylic acids is 1. The van der Waals surface area contributed by atoms with Crippen molar-refractivity contribution in [3.05, 3.63) is 29.7 Å². The van der Waals surface area contributed by atoms with Gasteiger partial charge >= 0.3 is 5.97 Å². The molecule has 2 rings (SSSR count). The quantitative estimate of drug-likeness (QED) is 0.713. The summed E-state index contributed by atoms with van der Waals surface area (Å²) < 4.78 is 6.78. The number of ether oxygens (including phenoxy) is 1. The molecule has 0 fully saturated rings. The minimum atomic E-state index is -1.40. The summed E-state index contributed by atoms with van der Waals surface area (Å²) in [6.07, 6.45) is 0.909. The number of carbonyl (C=O) groups is 2. The highest BCUT2D eigenvalue weighted by Gasteiger charge is 2.28. The van der Waals surface area contributed by atoms with Crippen LogP contribution in [-0.4, -0.2) is 50.7 Å². The molecule has 124 valence electrons. The number of hydrogen-bond donors (Lipinski definition) is 3. The van der Waals surface area contributed by atoms with Gasteiger partial charge in [-0.25, -0.2) is 9.78 Å². The molecular formula is C15H19N3O5. The number of aliphatic hydroxyl groups is 1. The molecule has 0 aliphatic carbocycles. The van der Waals surface area contributed by atoms with E-state index in [0.717, 1.165) is 0 Å². The van der Waals surface area contributed by atoms with Crippen molar-refractivity contribution in [2.45, 2.75) is 32.4 Å². The summed E-state index contributed by atoms with van der Waals surface area (Å²) in [6, 6.07) is 2.02. The molecule has 0 saturated heterocycles. The second-order valence-corrected chi connectivity index (χ2v) is 5.06. The Bertz CT molecular complexity index is 738. The van der Waals surface area contributed by atoms with Crippen molar-refractivity contribution in [2.24, 2.45) is 0 Å². The van der Waals surface area contributed by atoms with Crippen LogP contribution in [0.5, 0.6) is 5.75 Å². The SMILES string of the molecule is CCc1nc2c(OC)cccn2c1C(=O)NC(C(=O)O)C(C)O. The van der Waals surface area contributed by atoms with Crippen molar-refractivity contribution in [1.82, 2.24) is 14.7 Å². The van der Waals surface area contributed by atoms with Crippen LogP contribution in [0.2, 0.25) is 0 Å². The molecule has 8 nitrogen and oxygen atoms in total. The van der Waals surface area contributed by atoms with Crippen LogP contribution >= 0.6 is 0 Å². The lowest BCUT2D eigenvalue weighted by Crippen LogP contribution is -2.48. The van der Waals surface area contributed by atoms with Gasteiger partial charge in [0.25, 0.3) is 5.91 Å². The van der Waals surface area contributed by atoms with E-state index in [1.807, 2.05) is 6.92 Å². The van der Waals surface area contributed by atoms with Gasteiger partial charge in [-0.1, -0.05) is 6.92 Å². The van der Waals surface area contributed by atoms with Gasteiger partial charge in [-0.15, -0.1) is 0 Å². The van der Waals surface area contributed by atoms with Crippen molar-refractivity contribution in [3.63, 3.8) is 0 Å². The molecule has 0 radical (unpaired) electrons. The molecule has 2 unspecified atom stereocenters. The number of aromatic nitrogens is 2. The lowest BCUT2D eigenvalue weighted by atomic mass is 10.1. The van der Waals surface area contributed by atoms with E-state index in [9.17, 15) is 14.7 Å². The molecule has 23 heavy (non-hydrogen) atoms. The Balaban J connectivity index is 2.49. The van der Waals surface area contributed by atoms with E-state index < -0.39 is 24.0 Å². The van der Waals surface area contributed by atoms with E-state index in [1.165, 1.54) is 14.0 Å². The lowest BCUT2D eigenvalue weighted by molar-refractivity contribution is -0.141. The van der Waals surface area contributed by atoms with Crippen LogP contribution in [0, 0.1) is 0 Å². The van der Waals surface area contributed by atoms with Crippen molar-refractivity contribution in [1.29, 1.82) is 0 Å². The first-order valence-electron chi connectivity index (χ1n) is 7.16. The standard InChI is InChI=1S/C15H19N3O5/c1-4-9-12(14(20)17-11(8(2)19)15(21)22)18-7-5-6-10(23-3)13(18)16-9/h5-8,11,19H,4H2,1-3H3,(H,17,20)(H,21,22). The van der Waals surface area contributed by atoms with Crippen molar-refractivity contribution < 1.29 is 24.5 Å². The van der Waals surface area contributed by atoms with Crippen LogP contribution in [0.1, 0.15) is 30.0 Å². The van der Waals surface area contributed by atoms with Crippen molar-refractivity contribution in [2.75, 3.05) is 7.11 Å². The zero-order valence-corrected chi connectivity index (χ0v) is 13.1. The van der Waals surface area contributed by atoms with E-state index in [2.05, 4.69) is 10.3 Å². The number of imidazole rings is 1. The van der Waals surface area contributed by atoms with Crippen molar-refractivity contribution >= 4 is 17.5 Å². The third kappa shape index (κ3) is 3.11. The third-order valence-electron chi connectivity index (χ3n) is 3.49. The first kappa shape index (κ1) is 16.8. The highest BCUT2D eigenvalue weighted by atomic mass is 16.5. The maximum Gasteiger partial charge on any atom is 0.328 e. The van der Waals surface area contributed by atoms with E-state index in [-0.39, 0.29) is 5.69 Å². The molecule has 3 N–H and O–H groups in total. The number of carbonyl (C=O) groups excluding carboxylic acids is 1. The third-order valence-corrected chi connectivity index (χ3v) is 3.49. The number of aryl methyl sites for hydroxylation is 1. The minimum Gasteiger partial charge on any atom is -0.493 e. The van der Waals surface area contributed by atoms with E-state index in [1.54, 1.807) is 22.7 Å². The highest BCUT2D eigenvalue weighted by molar-refractivity contribution is 5.97. The number of pyridine rings is 1. The average molecular weight is 321 g/mol. The highest BCUT2D eigenvalue weighted by Crippen LogP contribution is 2.22. The van der Waals surface area contributed by atoms with Crippen LogP contribution in [-0.2, 0) is 11.2 Å². The molecule has 0 saturated carbocycles. The fraction of sp³-hybridized carbons (Fsp3) is 0.400. The van der Waals surface area contributed by atoms with Gasteiger partial charge in [0.1, 0.15) is 5.69 Å². The van der Waals surface area contributed by atoms with Gasteiger partial charge in [0.2, 0.25) is 0 Å². The van der Waals surface area contributed by atoms with Crippen molar-refractivity contribution in [3.8, 4) is 5.75 Å². The number of hydrogen-bond acceptors (Lipinski definition) is 5. The molecule has 2 aromatic rings. The number of aliphatic hydroxyl groups excluding tert-OH is 1. The molecular weight excluding hydrogens is 302 g/mol. The maximum atomic E-state index is 12.5. The first-order valence-corrected chi connectivity index (χ1v) is 7.16. The Labute approximate surface area is 132 Å². The summed E-state index contributed by atoms with van der Waals surface area (Å²) in [5.74, 6) is -1.42. The monoisotopic (exact) mass is 321 g/mol. The van der Waals surface area contributed by atoms with E-state index >= 15 is 0 Å². The number of amides is 1. The fourth-order valence-corrected chi connectivity index (χ4v) is 2.33. The summed E-state index contributed by atoms with van der Waals surface area (Å²) in [5, 5.41) is 20.9. The average Bonchev–Trinajstić information content (AvgIpc) is 2.90. The Morgan fingerprint density at radius 2 is 2.17 bits per heavy atom. The maximum absolute atomic E-state index is 12.5. The molecule has 1 amide bonds. The predicted octanol–water partition coefficient (Wildman–Crippen LogP) is 0.469. The predicted molar refractivity (Wildman–Crippen MR) is 81.7 cm³/mol. The molecule has 0 aliphatic heterocycles. The molecule has 8 heteroatoms. The summed E-state index contributed by atoms with van der Waals surface area (Å²) in [4.78, 5) is 28.1. The Kier molecular flexibility index (Phi) is 4.85. The topological polar surface area (TPSA) is 113 Å². The number of fused-ring (bicyclic) bond motifs is 1. The normalized spacial score (nSPS) is 13.6. The number of nitrogens with zero attached hydrogens (tertiary/aromatic N) is 2. The zero-order chi connectivity index (χ0) is 17.1. The smallest absolute Gasteiger partial charge is 0.328 e.